The number of methoxy groups -OCH3 is 1. The van der Waals surface area contributed by atoms with Crippen molar-refractivity contribution in [2.45, 2.75) is 38.3 Å². The minimum absolute atomic E-state index is 0.237. The van der Waals surface area contributed by atoms with Crippen LogP contribution in [0.2, 0.25) is 0 Å². The van der Waals surface area contributed by atoms with Crippen LogP contribution in [0.5, 0.6) is 0 Å². The van der Waals surface area contributed by atoms with Gasteiger partial charge in [-0.15, -0.1) is 0 Å². The van der Waals surface area contributed by atoms with E-state index in [1.54, 1.807) is 14.2 Å². The summed E-state index contributed by atoms with van der Waals surface area (Å²) in [4.78, 5) is 0. The fraction of sp³-hybridized carbons (Fsp3) is 1.00. The van der Waals surface area contributed by atoms with Gasteiger partial charge in [0, 0.05) is 46.3 Å². The predicted molar refractivity (Wildman–Crippen MR) is 82.5 cm³/mol. The lowest BCUT2D eigenvalue weighted by molar-refractivity contribution is -0.0122. The molecular weight excluding hydrogens is 294 g/mol. The number of hydrogen-bond acceptors (Lipinski definition) is 5. The van der Waals surface area contributed by atoms with Gasteiger partial charge in [-0.2, -0.15) is 17.4 Å². The average molecular weight is 323 g/mol. The molecule has 2 N–H and O–H groups in total. The van der Waals surface area contributed by atoms with Crippen molar-refractivity contribution in [3.8, 4) is 0 Å². The van der Waals surface area contributed by atoms with E-state index in [9.17, 15) is 8.42 Å². The normalized spacial score (nSPS) is 23.3. The molecule has 0 aromatic carbocycles. The lowest BCUT2D eigenvalue weighted by Gasteiger charge is -2.27. The summed E-state index contributed by atoms with van der Waals surface area (Å²) in [6, 6.07) is 0.411. The molecule has 0 aromatic heterocycles. The Morgan fingerprint density at radius 1 is 1.43 bits per heavy atom. The van der Waals surface area contributed by atoms with Crippen molar-refractivity contribution < 1.29 is 17.9 Å². The minimum Gasteiger partial charge on any atom is -0.378 e. The van der Waals surface area contributed by atoms with Crippen molar-refractivity contribution in [2.75, 3.05) is 47.0 Å². The Labute approximate surface area is 128 Å². The summed E-state index contributed by atoms with van der Waals surface area (Å²) in [7, 11) is -0.303. The van der Waals surface area contributed by atoms with Gasteiger partial charge in [0.15, 0.2) is 0 Å². The van der Waals surface area contributed by atoms with Crippen LogP contribution in [0.15, 0.2) is 0 Å². The fourth-order valence-corrected chi connectivity index (χ4v) is 3.14. The van der Waals surface area contributed by atoms with Crippen molar-refractivity contribution in [3.63, 3.8) is 0 Å². The Morgan fingerprint density at radius 2 is 2.14 bits per heavy atom. The molecule has 0 spiro atoms. The molecule has 21 heavy (non-hydrogen) atoms. The second-order valence-corrected chi connectivity index (χ2v) is 7.66. The SMILES string of the molecule is COC1(CNS(=O)(=O)N(C)CCCNC(C)C)CCOC1. The Bertz CT molecular complexity index is 394. The van der Waals surface area contributed by atoms with Gasteiger partial charge in [0.05, 0.1) is 6.61 Å². The van der Waals surface area contributed by atoms with Crippen molar-refractivity contribution in [1.29, 1.82) is 0 Å². The minimum atomic E-state index is -3.48. The molecular formula is C13H29N3O4S. The lowest BCUT2D eigenvalue weighted by atomic mass is 10.0. The Kier molecular flexibility index (Phi) is 7.52. The smallest absolute Gasteiger partial charge is 0.279 e. The quantitative estimate of drug-likeness (QED) is 0.551. The van der Waals surface area contributed by atoms with Gasteiger partial charge in [0.2, 0.25) is 0 Å². The van der Waals surface area contributed by atoms with E-state index in [0.717, 1.165) is 13.0 Å². The van der Waals surface area contributed by atoms with E-state index >= 15 is 0 Å². The van der Waals surface area contributed by atoms with Gasteiger partial charge in [0.25, 0.3) is 10.2 Å². The lowest BCUT2D eigenvalue weighted by Crippen LogP contribution is -2.48. The van der Waals surface area contributed by atoms with Gasteiger partial charge in [-0.1, -0.05) is 13.8 Å². The van der Waals surface area contributed by atoms with Gasteiger partial charge >= 0.3 is 0 Å². The van der Waals surface area contributed by atoms with Crippen LogP contribution >= 0.6 is 0 Å². The molecule has 0 radical (unpaired) electrons. The van der Waals surface area contributed by atoms with Crippen molar-refractivity contribution in [2.24, 2.45) is 0 Å². The fourth-order valence-electron chi connectivity index (χ4n) is 2.11. The number of rotatable bonds is 10. The van der Waals surface area contributed by atoms with Crippen LogP contribution in [-0.2, 0) is 19.7 Å². The number of nitrogens with one attached hydrogen (secondary N) is 2. The highest BCUT2D eigenvalue weighted by atomic mass is 32.2. The second-order valence-electron chi connectivity index (χ2n) is 5.80. The van der Waals surface area contributed by atoms with Gasteiger partial charge < -0.3 is 14.8 Å². The highest BCUT2D eigenvalue weighted by Crippen LogP contribution is 2.21. The molecule has 126 valence electrons. The predicted octanol–water partition coefficient (Wildman–Crippen LogP) is -0.0538. The molecule has 0 bridgehead atoms. The van der Waals surface area contributed by atoms with Crippen LogP contribution in [0.1, 0.15) is 26.7 Å². The molecule has 1 fully saturated rings. The molecule has 1 unspecified atom stereocenters. The topological polar surface area (TPSA) is 79.9 Å². The van der Waals surface area contributed by atoms with Gasteiger partial charge in [-0.25, -0.2) is 0 Å². The van der Waals surface area contributed by atoms with Gasteiger partial charge in [-0.05, 0) is 13.0 Å². The van der Waals surface area contributed by atoms with Gasteiger partial charge in [-0.3, -0.25) is 0 Å². The molecule has 1 rings (SSSR count). The van der Waals surface area contributed by atoms with E-state index in [2.05, 4.69) is 23.9 Å². The Balaban J connectivity index is 2.37. The number of ether oxygens (including phenoxy) is 2. The molecule has 1 saturated heterocycles. The summed E-state index contributed by atoms with van der Waals surface area (Å²) in [5.74, 6) is 0. The summed E-state index contributed by atoms with van der Waals surface area (Å²) < 4.78 is 39.0. The van der Waals surface area contributed by atoms with Crippen LogP contribution in [0.4, 0.5) is 0 Å². The molecule has 0 aliphatic carbocycles. The highest BCUT2D eigenvalue weighted by Gasteiger charge is 2.36. The van der Waals surface area contributed by atoms with Crippen LogP contribution < -0.4 is 10.0 Å². The molecule has 1 heterocycles. The molecule has 1 aliphatic rings. The van der Waals surface area contributed by atoms with E-state index in [4.69, 9.17) is 9.47 Å². The van der Waals surface area contributed by atoms with Crippen LogP contribution in [0, 0.1) is 0 Å². The van der Waals surface area contributed by atoms with E-state index in [1.165, 1.54) is 4.31 Å². The summed E-state index contributed by atoms with van der Waals surface area (Å²) in [5.41, 5.74) is -0.535. The highest BCUT2D eigenvalue weighted by molar-refractivity contribution is 7.87. The third-order valence-corrected chi connectivity index (χ3v) is 5.20. The van der Waals surface area contributed by atoms with E-state index < -0.39 is 15.8 Å². The molecule has 0 amide bonds. The number of nitrogens with zero attached hydrogens (tertiary/aromatic N) is 1. The standard InChI is InChI=1S/C13H29N3O4S/c1-12(2)14-7-5-8-16(3)21(17,18)15-10-13(19-4)6-9-20-11-13/h12,14-15H,5-11H2,1-4H3. The molecule has 0 aromatic rings. The van der Waals surface area contributed by atoms with E-state index in [0.29, 0.717) is 32.2 Å². The van der Waals surface area contributed by atoms with Crippen molar-refractivity contribution >= 4 is 10.2 Å². The Hall–Kier alpha value is -0.250. The van der Waals surface area contributed by atoms with E-state index in [-0.39, 0.29) is 6.54 Å². The first kappa shape index (κ1) is 18.8. The summed E-state index contributed by atoms with van der Waals surface area (Å²) in [5, 5.41) is 3.27. The first-order chi connectivity index (χ1) is 9.81. The molecule has 7 nitrogen and oxygen atoms in total. The maximum Gasteiger partial charge on any atom is 0.279 e. The van der Waals surface area contributed by atoms with Crippen molar-refractivity contribution in [3.05, 3.63) is 0 Å². The third-order valence-electron chi connectivity index (χ3n) is 3.69. The van der Waals surface area contributed by atoms with Gasteiger partial charge in [0.1, 0.15) is 5.60 Å². The number of hydrogen-bond donors (Lipinski definition) is 2. The molecule has 8 heteroatoms. The Morgan fingerprint density at radius 3 is 2.67 bits per heavy atom. The molecule has 0 saturated carbocycles. The van der Waals surface area contributed by atoms with Crippen LogP contribution in [-0.4, -0.2) is 71.4 Å². The zero-order chi connectivity index (χ0) is 15.9. The first-order valence-electron chi connectivity index (χ1n) is 7.38. The largest absolute Gasteiger partial charge is 0.378 e. The second kappa shape index (κ2) is 8.40. The van der Waals surface area contributed by atoms with E-state index in [1.807, 2.05) is 0 Å². The summed E-state index contributed by atoms with van der Waals surface area (Å²) in [6.07, 6.45) is 1.47. The summed E-state index contributed by atoms with van der Waals surface area (Å²) >= 11 is 0. The summed E-state index contributed by atoms with van der Waals surface area (Å²) in [6.45, 7) is 6.67. The van der Waals surface area contributed by atoms with Crippen LogP contribution in [0.25, 0.3) is 0 Å². The zero-order valence-corrected chi connectivity index (χ0v) is 14.3. The first-order valence-corrected chi connectivity index (χ1v) is 8.82. The maximum atomic E-state index is 12.2. The van der Waals surface area contributed by atoms with Crippen LogP contribution in [0.3, 0.4) is 0 Å². The monoisotopic (exact) mass is 323 g/mol. The van der Waals surface area contributed by atoms with Crippen molar-refractivity contribution in [1.82, 2.24) is 14.3 Å². The maximum absolute atomic E-state index is 12.2. The molecule has 1 aliphatic heterocycles. The average Bonchev–Trinajstić information content (AvgIpc) is 2.90. The molecule has 1 atom stereocenters. The third kappa shape index (κ3) is 6.17. The zero-order valence-electron chi connectivity index (χ0n) is 13.5.